The normalized spacial score (nSPS) is 30.5. The van der Waals surface area contributed by atoms with E-state index in [-0.39, 0.29) is 5.92 Å². The van der Waals surface area contributed by atoms with Crippen molar-refractivity contribution < 1.29 is 0 Å². The van der Waals surface area contributed by atoms with Gasteiger partial charge in [0, 0.05) is 32.2 Å². The lowest BCUT2D eigenvalue weighted by Gasteiger charge is -2.44. The van der Waals surface area contributed by atoms with E-state index in [2.05, 4.69) is 15.9 Å². The summed E-state index contributed by atoms with van der Waals surface area (Å²) in [5, 5.41) is 8.81. The number of hydrogen-bond donors (Lipinski definition) is 0. The summed E-state index contributed by atoms with van der Waals surface area (Å²) in [4.78, 5) is 5.11. The first-order valence-corrected chi connectivity index (χ1v) is 6.15. The summed E-state index contributed by atoms with van der Waals surface area (Å²) in [7, 11) is 0. The summed E-state index contributed by atoms with van der Waals surface area (Å²) in [6, 6.07) is 3.11. The van der Waals surface area contributed by atoms with Gasteiger partial charge >= 0.3 is 0 Å². The monoisotopic (exact) mass is 207 g/mol. The van der Waals surface area contributed by atoms with Gasteiger partial charge in [-0.2, -0.15) is 5.26 Å². The maximum Gasteiger partial charge on any atom is 0.0666 e. The molecule has 2 saturated heterocycles. The molecule has 0 aromatic rings. The largest absolute Gasteiger partial charge is 0.299 e. The van der Waals surface area contributed by atoms with E-state index in [0.29, 0.717) is 0 Å². The average Bonchev–Trinajstić information content (AvgIpc) is 2.29. The topological polar surface area (TPSA) is 30.3 Å². The standard InChI is InChI=1S/C12H21N3/c1-11(8-13)9-14-6-7-15-5-3-2-4-12(15)10-14/h11-12H,2-7,9-10H2,1H3. The average molecular weight is 207 g/mol. The van der Waals surface area contributed by atoms with E-state index in [1.165, 1.54) is 38.9 Å². The Bertz CT molecular complexity index is 246. The number of rotatable bonds is 2. The minimum atomic E-state index is 0.181. The van der Waals surface area contributed by atoms with Gasteiger partial charge in [-0.1, -0.05) is 6.42 Å². The number of piperidine rings is 1. The third-order valence-corrected chi connectivity index (χ3v) is 3.67. The zero-order valence-electron chi connectivity index (χ0n) is 9.65. The molecule has 2 atom stereocenters. The zero-order valence-corrected chi connectivity index (χ0v) is 9.65. The highest BCUT2D eigenvalue weighted by Crippen LogP contribution is 2.21. The van der Waals surface area contributed by atoms with Gasteiger partial charge in [-0.25, -0.2) is 0 Å². The molecule has 3 heteroatoms. The zero-order chi connectivity index (χ0) is 10.7. The number of hydrogen-bond acceptors (Lipinski definition) is 3. The third kappa shape index (κ3) is 2.70. The lowest BCUT2D eigenvalue weighted by Crippen LogP contribution is -2.55. The Labute approximate surface area is 92.7 Å². The molecule has 2 unspecified atom stereocenters. The van der Waals surface area contributed by atoms with Crippen LogP contribution >= 0.6 is 0 Å². The molecule has 15 heavy (non-hydrogen) atoms. The molecule has 0 radical (unpaired) electrons. The van der Waals surface area contributed by atoms with Crippen LogP contribution in [0.15, 0.2) is 0 Å². The summed E-state index contributed by atoms with van der Waals surface area (Å²) in [5.41, 5.74) is 0. The molecule has 0 bridgehead atoms. The Kier molecular flexibility index (Phi) is 3.61. The van der Waals surface area contributed by atoms with Crippen LogP contribution in [0, 0.1) is 17.2 Å². The second-order valence-corrected chi connectivity index (χ2v) is 4.98. The fraction of sp³-hybridized carbons (Fsp3) is 0.917. The Morgan fingerprint density at radius 1 is 1.33 bits per heavy atom. The molecule has 2 rings (SSSR count). The molecule has 0 amide bonds. The molecule has 0 spiro atoms. The van der Waals surface area contributed by atoms with Crippen molar-refractivity contribution >= 4 is 0 Å². The summed E-state index contributed by atoms with van der Waals surface area (Å²) in [5.74, 6) is 0.181. The van der Waals surface area contributed by atoms with E-state index < -0.39 is 0 Å². The molecular weight excluding hydrogens is 186 g/mol. The van der Waals surface area contributed by atoms with Gasteiger partial charge in [0.2, 0.25) is 0 Å². The summed E-state index contributed by atoms with van der Waals surface area (Å²) in [6.07, 6.45) is 4.13. The first kappa shape index (κ1) is 10.9. The first-order valence-electron chi connectivity index (χ1n) is 6.15. The first-order chi connectivity index (χ1) is 7.29. The van der Waals surface area contributed by atoms with Crippen molar-refractivity contribution in [2.45, 2.75) is 32.2 Å². The quantitative estimate of drug-likeness (QED) is 0.684. The van der Waals surface area contributed by atoms with Gasteiger partial charge in [-0.05, 0) is 26.3 Å². The molecule has 2 aliphatic rings. The molecule has 2 heterocycles. The number of fused-ring (bicyclic) bond motifs is 1. The number of nitrogens with zero attached hydrogens (tertiary/aromatic N) is 3. The SMILES string of the molecule is CC(C#N)CN1CCN2CCCCC2C1. The van der Waals surface area contributed by atoms with Gasteiger partial charge in [-0.15, -0.1) is 0 Å². The molecule has 2 aliphatic heterocycles. The Morgan fingerprint density at radius 2 is 2.20 bits per heavy atom. The molecule has 0 N–H and O–H groups in total. The fourth-order valence-electron chi connectivity index (χ4n) is 2.81. The van der Waals surface area contributed by atoms with E-state index in [9.17, 15) is 0 Å². The van der Waals surface area contributed by atoms with Crippen LogP contribution < -0.4 is 0 Å². The van der Waals surface area contributed by atoms with Crippen LogP contribution in [0.1, 0.15) is 26.2 Å². The molecule has 0 aromatic carbocycles. The summed E-state index contributed by atoms with van der Waals surface area (Å²) < 4.78 is 0. The second-order valence-electron chi connectivity index (χ2n) is 4.98. The molecule has 0 saturated carbocycles. The van der Waals surface area contributed by atoms with Crippen LogP contribution in [0.25, 0.3) is 0 Å². The highest BCUT2D eigenvalue weighted by molar-refractivity contribution is 4.88. The van der Waals surface area contributed by atoms with Crippen LogP contribution in [0.2, 0.25) is 0 Å². The summed E-state index contributed by atoms with van der Waals surface area (Å²) in [6.45, 7) is 7.83. The molecule has 84 valence electrons. The molecular formula is C12H21N3. The maximum atomic E-state index is 8.81. The molecule has 0 aromatic heterocycles. The van der Waals surface area contributed by atoms with Crippen molar-refractivity contribution in [1.29, 1.82) is 5.26 Å². The molecule has 0 aliphatic carbocycles. The van der Waals surface area contributed by atoms with E-state index in [0.717, 1.165) is 19.1 Å². The van der Waals surface area contributed by atoms with Crippen molar-refractivity contribution in [3.63, 3.8) is 0 Å². The van der Waals surface area contributed by atoms with Crippen molar-refractivity contribution in [2.75, 3.05) is 32.7 Å². The molecule has 2 fully saturated rings. The van der Waals surface area contributed by atoms with Gasteiger partial charge in [0.1, 0.15) is 0 Å². The minimum absolute atomic E-state index is 0.181. The summed E-state index contributed by atoms with van der Waals surface area (Å²) >= 11 is 0. The highest BCUT2D eigenvalue weighted by atomic mass is 15.3. The highest BCUT2D eigenvalue weighted by Gasteiger charge is 2.28. The Morgan fingerprint density at radius 3 is 3.00 bits per heavy atom. The predicted molar refractivity (Wildman–Crippen MR) is 60.4 cm³/mol. The fourth-order valence-corrected chi connectivity index (χ4v) is 2.81. The van der Waals surface area contributed by atoms with E-state index in [4.69, 9.17) is 5.26 Å². The van der Waals surface area contributed by atoms with Crippen LogP contribution in [0.4, 0.5) is 0 Å². The van der Waals surface area contributed by atoms with Gasteiger partial charge in [0.25, 0.3) is 0 Å². The van der Waals surface area contributed by atoms with E-state index >= 15 is 0 Å². The number of nitriles is 1. The van der Waals surface area contributed by atoms with Crippen LogP contribution in [-0.4, -0.2) is 48.6 Å². The van der Waals surface area contributed by atoms with Crippen molar-refractivity contribution in [1.82, 2.24) is 9.80 Å². The smallest absolute Gasteiger partial charge is 0.0666 e. The van der Waals surface area contributed by atoms with Crippen LogP contribution in [0.3, 0.4) is 0 Å². The van der Waals surface area contributed by atoms with Crippen molar-refractivity contribution in [2.24, 2.45) is 5.92 Å². The lowest BCUT2D eigenvalue weighted by atomic mass is 9.99. The Balaban J connectivity index is 1.83. The van der Waals surface area contributed by atoms with Gasteiger partial charge in [-0.3, -0.25) is 9.80 Å². The van der Waals surface area contributed by atoms with Gasteiger partial charge in [0.15, 0.2) is 0 Å². The molecule has 3 nitrogen and oxygen atoms in total. The Hall–Kier alpha value is -0.590. The lowest BCUT2D eigenvalue weighted by molar-refractivity contribution is 0.0460. The van der Waals surface area contributed by atoms with Crippen molar-refractivity contribution in [3.8, 4) is 6.07 Å². The number of piperazine rings is 1. The van der Waals surface area contributed by atoms with Gasteiger partial charge < -0.3 is 0 Å². The third-order valence-electron chi connectivity index (χ3n) is 3.67. The maximum absolute atomic E-state index is 8.81. The minimum Gasteiger partial charge on any atom is -0.299 e. The van der Waals surface area contributed by atoms with E-state index in [1.807, 2.05) is 6.92 Å². The van der Waals surface area contributed by atoms with Crippen LogP contribution in [0.5, 0.6) is 0 Å². The predicted octanol–water partition coefficient (Wildman–Crippen LogP) is 1.32. The van der Waals surface area contributed by atoms with E-state index in [1.54, 1.807) is 0 Å². The van der Waals surface area contributed by atoms with Crippen molar-refractivity contribution in [3.05, 3.63) is 0 Å². The van der Waals surface area contributed by atoms with Crippen LogP contribution in [-0.2, 0) is 0 Å². The second kappa shape index (κ2) is 4.96. The van der Waals surface area contributed by atoms with Gasteiger partial charge in [0.05, 0.1) is 12.0 Å².